The van der Waals surface area contributed by atoms with Crippen molar-refractivity contribution in [3.8, 4) is 0 Å². The molecule has 1 aliphatic rings. The third kappa shape index (κ3) is 4.26. The Bertz CT molecular complexity index is 523. The number of sulfonamides is 1. The van der Waals surface area contributed by atoms with Crippen molar-refractivity contribution in [2.45, 2.75) is 25.0 Å². The zero-order valence-corrected chi connectivity index (χ0v) is 11.4. The Kier molecular flexibility index (Phi) is 4.23. The first kappa shape index (κ1) is 14.4. The SMILES string of the molecule is O=S(=O)(Cc1ccc(F)cc1)NCC1(CCO)CC1. The van der Waals surface area contributed by atoms with Crippen LogP contribution in [0, 0.1) is 11.2 Å². The molecule has 6 heteroatoms. The summed E-state index contributed by atoms with van der Waals surface area (Å²) < 4.78 is 39.1. The number of rotatable bonds is 7. The lowest BCUT2D eigenvalue weighted by molar-refractivity contribution is 0.249. The van der Waals surface area contributed by atoms with Crippen molar-refractivity contribution in [3.05, 3.63) is 35.6 Å². The van der Waals surface area contributed by atoms with Crippen LogP contribution in [0.2, 0.25) is 0 Å². The van der Waals surface area contributed by atoms with Crippen LogP contribution in [-0.2, 0) is 15.8 Å². The first-order chi connectivity index (χ1) is 8.95. The molecule has 0 saturated heterocycles. The fraction of sp³-hybridized carbons (Fsp3) is 0.538. The van der Waals surface area contributed by atoms with Crippen LogP contribution in [0.15, 0.2) is 24.3 Å². The Morgan fingerprint density at radius 2 is 1.89 bits per heavy atom. The Balaban J connectivity index is 1.90. The molecule has 0 radical (unpaired) electrons. The Morgan fingerprint density at radius 3 is 2.42 bits per heavy atom. The molecule has 2 N–H and O–H groups in total. The van der Waals surface area contributed by atoms with Crippen LogP contribution >= 0.6 is 0 Å². The Labute approximate surface area is 112 Å². The maximum atomic E-state index is 12.7. The zero-order valence-electron chi connectivity index (χ0n) is 10.6. The molecule has 0 unspecified atom stereocenters. The van der Waals surface area contributed by atoms with Crippen molar-refractivity contribution in [3.63, 3.8) is 0 Å². The maximum Gasteiger partial charge on any atom is 0.215 e. The van der Waals surface area contributed by atoms with Crippen LogP contribution in [0.4, 0.5) is 4.39 Å². The van der Waals surface area contributed by atoms with Gasteiger partial charge in [0.2, 0.25) is 10.0 Å². The van der Waals surface area contributed by atoms with Gasteiger partial charge in [0, 0.05) is 13.2 Å². The van der Waals surface area contributed by atoms with Gasteiger partial charge in [-0.25, -0.2) is 17.5 Å². The molecule has 0 amide bonds. The summed E-state index contributed by atoms with van der Waals surface area (Å²) in [7, 11) is -3.41. The highest BCUT2D eigenvalue weighted by Gasteiger charge is 2.42. The molecule has 1 aliphatic carbocycles. The summed E-state index contributed by atoms with van der Waals surface area (Å²) in [5.74, 6) is -0.531. The number of hydrogen-bond acceptors (Lipinski definition) is 3. The molecule has 0 bridgehead atoms. The van der Waals surface area contributed by atoms with Gasteiger partial charge in [-0.1, -0.05) is 12.1 Å². The van der Waals surface area contributed by atoms with E-state index in [9.17, 15) is 12.8 Å². The van der Waals surface area contributed by atoms with Gasteiger partial charge in [-0.2, -0.15) is 0 Å². The maximum absolute atomic E-state index is 12.7. The third-order valence-electron chi connectivity index (χ3n) is 3.54. The standard InChI is InChI=1S/C13H18FNO3S/c14-12-3-1-11(2-4-12)9-19(17,18)15-10-13(5-6-13)7-8-16/h1-4,15-16H,5-10H2. The number of hydrogen-bond donors (Lipinski definition) is 2. The molecule has 0 aromatic heterocycles. The van der Waals surface area contributed by atoms with E-state index >= 15 is 0 Å². The van der Waals surface area contributed by atoms with E-state index in [0.29, 0.717) is 18.5 Å². The summed E-state index contributed by atoms with van der Waals surface area (Å²) in [5, 5.41) is 8.92. The second kappa shape index (κ2) is 5.56. The van der Waals surface area contributed by atoms with E-state index < -0.39 is 10.0 Å². The molecular weight excluding hydrogens is 269 g/mol. The normalized spacial score (nSPS) is 17.4. The van der Waals surface area contributed by atoms with Crippen molar-refractivity contribution in [2.24, 2.45) is 5.41 Å². The van der Waals surface area contributed by atoms with Crippen LogP contribution in [0.5, 0.6) is 0 Å². The van der Waals surface area contributed by atoms with E-state index in [1.807, 2.05) is 0 Å². The second-order valence-corrected chi connectivity index (χ2v) is 6.99. The molecule has 0 spiro atoms. The van der Waals surface area contributed by atoms with E-state index in [4.69, 9.17) is 5.11 Å². The largest absolute Gasteiger partial charge is 0.396 e. The first-order valence-corrected chi connectivity index (χ1v) is 7.93. The van der Waals surface area contributed by atoms with Crippen LogP contribution < -0.4 is 4.72 Å². The molecule has 1 fully saturated rings. The van der Waals surface area contributed by atoms with Gasteiger partial charge < -0.3 is 5.11 Å². The molecule has 0 atom stereocenters. The minimum Gasteiger partial charge on any atom is -0.396 e. The number of aliphatic hydroxyl groups is 1. The van der Waals surface area contributed by atoms with Gasteiger partial charge >= 0.3 is 0 Å². The Morgan fingerprint density at radius 1 is 1.26 bits per heavy atom. The summed E-state index contributed by atoms with van der Waals surface area (Å²) in [6.45, 7) is 0.455. The number of halogens is 1. The van der Waals surface area contributed by atoms with E-state index in [0.717, 1.165) is 12.8 Å². The molecule has 2 rings (SSSR count). The smallest absolute Gasteiger partial charge is 0.215 e. The van der Waals surface area contributed by atoms with Crippen molar-refractivity contribution in [2.75, 3.05) is 13.2 Å². The summed E-state index contributed by atoms with van der Waals surface area (Å²) in [5.41, 5.74) is 0.505. The molecule has 4 nitrogen and oxygen atoms in total. The minimum absolute atomic E-state index is 0.0510. The minimum atomic E-state index is -3.41. The van der Waals surface area contributed by atoms with Crippen molar-refractivity contribution in [1.82, 2.24) is 4.72 Å². The molecular formula is C13H18FNO3S. The van der Waals surface area contributed by atoms with E-state index in [1.54, 1.807) is 0 Å². The van der Waals surface area contributed by atoms with Gasteiger partial charge in [0.15, 0.2) is 0 Å². The van der Waals surface area contributed by atoms with E-state index in [1.165, 1.54) is 24.3 Å². The highest BCUT2D eigenvalue weighted by molar-refractivity contribution is 7.88. The molecule has 1 aromatic rings. The second-order valence-electron chi connectivity index (χ2n) is 5.18. The molecule has 106 valence electrons. The molecule has 1 aromatic carbocycles. The van der Waals surface area contributed by atoms with Gasteiger partial charge in [0.1, 0.15) is 5.82 Å². The lowest BCUT2D eigenvalue weighted by atomic mass is 10.0. The molecule has 0 aliphatic heterocycles. The lowest BCUT2D eigenvalue weighted by Crippen LogP contribution is -2.31. The zero-order chi connectivity index (χ0) is 13.9. The Hall–Kier alpha value is -0.980. The average molecular weight is 287 g/mol. The average Bonchev–Trinajstić information content (AvgIpc) is 3.11. The highest BCUT2D eigenvalue weighted by Crippen LogP contribution is 2.48. The van der Waals surface area contributed by atoms with Crippen LogP contribution in [0.1, 0.15) is 24.8 Å². The van der Waals surface area contributed by atoms with Crippen molar-refractivity contribution < 1.29 is 17.9 Å². The summed E-state index contributed by atoms with van der Waals surface area (Å²) in [6.07, 6.45) is 2.53. The van der Waals surface area contributed by atoms with Gasteiger partial charge in [-0.05, 0) is 42.4 Å². The van der Waals surface area contributed by atoms with E-state index in [-0.39, 0.29) is 23.6 Å². The number of benzene rings is 1. The topological polar surface area (TPSA) is 66.4 Å². The van der Waals surface area contributed by atoms with Crippen molar-refractivity contribution >= 4 is 10.0 Å². The van der Waals surface area contributed by atoms with Gasteiger partial charge in [0.25, 0.3) is 0 Å². The van der Waals surface area contributed by atoms with Gasteiger partial charge in [-0.15, -0.1) is 0 Å². The number of nitrogens with one attached hydrogen (secondary N) is 1. The summed E-state index contributed by atoms with van der Waals surface area (Å²) in [6, 6.07) is 5.43. The predicted octanol–water partition coefficient (Wildman–Crippen LogP) is 1.41. The number of aliphatic hydroxyl groups excluding tert-OH is 1. The highest BCUT2D eigenvalue weighted by atomic mass is 32.2. The van der Waals surface area contributed by atoms with Crippen LogP contribution in [0.3, 0.4) is 0 Å². The quantitative estimate of drug-likeness (QED) is 0.797. The monoisotopic (exact) mass is 287 g/mol. The van der Waals surface area contributed by atoms with Crippen molar-refractivity contribution in [1.29, 1.82) is 0 Å². The molecule has 1 saturated carbocycles. The fourth-order valence-electron chi connectivity index (χ4n) is 2.04. The third-order valence-corrected chi connectivity index (χ3v) is 4.83. The van der Waals surface area contributed by atoms with Crippen LogP contribution in [0.25, 0.3) is 0 Å². The van der Waals surface area contributed by atoms with Gasteiger partial charge in [0.05, 0.1) is 5.75 Å². The summed E-state index contributed by atoms with van der Waals surface area (Å²) in [4.78, 5) is 0. The summed E-state index contributed by atoms with van der Waals surface area (Å²) >= 11 is 0. The fourth-order valence-corrected chi connectivity index (χ4v) is 3.30. The van der Waals surface area contributed by atoms with Crippen LogP contribution in [-0.4, -0.2) is 26.7 Å². The lowest BCUT2D eigenvalue weighted by Gasteiger charge is -2.14. The van der Waals surface area contributed by atoms with Gasteiger partial charge in [-0.3, -0.25) is 0 Å². The molecule has 19 heavy (non-hydrogen) atoms. The van der Waals surface area contributed by atoms with E-state index in [2.05, 4.69) is 4.72 Å². The predicted molar refractivity (Wildman–Crippen MR) is 70.4 cm³/mol. The first-order valence-electron chi connectivity index (χ1n) is 6.27. The molecule has 0 heterocycles.